The quantitative estimate of drug-likeness (QED) is 0.737. The zero-order chi connectivity index (χ0) is 14.6. The highest BCUT2D eigenvalue weighted by Crippen LogP contribution is 2.32. The van der Waals surface area contributed by atoms with Crippen LogP contribution in [0.3, 0.4) is 0 Å². The smallest absolute Gasteiger partial charge is 0.303 e. The number of aryl methyl sites for hydroxylation is 1. The van der Waals surface area contributed by atoms with Crippen LogP contribution in [0.25, 0.3) is 0 Å². The van der Waals surface area contributed by atoms with Gasteiger partial charge in [0.25, 0.3) is 5.91 Å². The Morgan fingerprint density at radius 3 is 2.42 bits per heavy atom. The Hall–Kier alpha value is -1.89. The Morgan fingerprint density at radius 1 is 1.26 bits per heavy atom. The highest BCUT2D eigenvalue weighted by molar-refractivity contribution is 7.16. The van der Waals surface area contributed by atoms with Gasteiger partial charge in [-0.3, -0.25) is 14.4 Å². The van der Waals surface area contributed by atoms with E-state index in [1.165, 1.54) is 11.3 Å². The van der Waals surface area contributed by atoms with Crippen LogP contribution in [-0.2, 0) is 9.59 Å². The summed E-state index contributed by atoms with van der Waals surface area (Å²) in [6.07, 6.45) is 0.301. The summed E-state index contributed by atoms with van der Waals surface area (Å²) >= 11 is 1.29. The van der Waals surface area contributed by atoms with Gasteiger partial charge in [-0.2, -0.15) is 0 Å². The summed E-state index contributed by atoms with van der Waals surface area (Å²) in [6, 6.07) is 0. The van der Waals surface area contributed by atoms with Gasteiger partial charge in [-0.25, -0.2) is 0 Å². The van der Waals surface area contributed by atoms with Gasteiger partial charge in [-0.15, -0.1) is 11.3 Å². The van der Waals surface area contributed by atoms with Crippen molar-refractivity contribution in [2.45, 2.75) is 33.1 Å². The number of carbonyl (C=O) groups excluding carboxylic acids is 2. The summed E-state index contributed by atoms with van der Waals surface area (Å²) in [4.78, 5) is 34.2. The maximum Gasteiger partial charge on any atom is 0.303 e. The number of carbonyl (C=O) groups is 3. The van der Waals surface area contributed by atoms with E-state index in [1.807, 2.05) is 6.92 Å². The number of aliphatic carboxylic acids is 1. The van der Waals surface area contributed by atoms with Crippen molar-refractivity contribution in [3.05, 3.63) is 16.0 Å². The lowest BCUT2D eigenvalue weighted by Crippen LogP contribution is -2.17. The molecule has 0 saturated heterocycles. The Kier molecular flexibility index (Phi) is 5.05. The zero-order valence-electron chi connectivity index (χ0n) is 10.8. The van der Waals surface area contributed by atoms with E-state index >= 15 is 0 Å². The predicted octanol–water partition coefficient (Wildman–Crippen LogP) is 1.66. The molecule has 6 nitrogen and oxygen atoms in total. The third kappa shape index (κ3) is 4.06. The van der Waals surface area contributed by atoms with Crippen molar-refractivity contribution in [3.63, 3.8) is 0 Å². The lowest BCUT2D eigenvalue weighted by molar-refractivity contribution is -0.137. The number of amides is 2. The molecule has 0 aliphatic rings. The van der Waals surface area contributed by atoms with Gasteiger partial charge in [0.1, 0.15) is 5.00 Å². The fourth-order valence-electron chi connectivity index (χ4n) is 1.60. The molecule has 0 fully saturated rings. The minimum atomic E-state index is -0.937. The van der Waals surface area contributed by atoms with Crippen molar-refractivity contribution >= 4 is 34.1 Å². The number of primary amides is 1. The zero-order valence-corrected chi connectivity index (χ0v) is 11.6. The van der Waals surface area contributed by atoms with E-state index in [0.29, 0.717) is 10.6 Å². The van der Waals surface area contributed by atoms with Gasteiger partial charge in [-0.05, 0) is 25.8 Å². The third-order valence-electron chi connectivity index (χ3n) is 2.68. The van der Waals surface area contributed by atoms with Gasteiger partial charge in [0.05, 0.1) is 5.56 Å². The minimum absolute atomic E-state index is 0.0570. The summed E-state index contributed by atoms with van der Waals surface area (Å²) in [6.45, 7) is 3.61. The summed E-state index contributed by atoms with van der Waals surface area (Å²) < 4.78 is 0. The van der Waals surface area contributed by atoms with E-state index in [4.69, 9.17) is 10.8 Å². The van der Waals surface area contributed by atoms with E-state index in [2.05, 4.69) is 5.32 Å². The highest BCUT2D eigenvalue weighted by atomic mass is 32.1. The molecule has 19 heavy (non-hydrogen) atoms. The number of anilines is 1. The summed E-state index contributed by atoms with van der Waals surface area (Å²) in [5, 5.41) is 11.5. The predicted molar refractivity (Wildman–Crippen MR) is 72.4 cm³/mol. The Morgan fingerprint density at radius 2 is 1.89 bits per heavy atom. The lowest BCUT2D eigenvalue weighted by atomic mass is 10.1. The molecular formula is C12H16N2O4S. The van der Waals surface area contributed by atoms with E-state index in [1.54, 1.807) is 6.92 Å². The molecule has 4 N–H and O–H groups in total. The molecule has 1 heterocycles. The van der Waals surface area contributed by atoms with E-state index < -0.39 is 11.9 Å². The average Bonchev–Trinajstić information content (AvgIpc) is 2.53. The number of rotatable bonds is 6. The fraction of sp³-hybridized carbons (Fsp3) is 0.417. The van der Waals surface area contributed by atoms with Crippen molar-refractivity contribution in [2.75, 3.05) is 5.32 Å². The molecule has 0 bridgehead atoms. The topological polar surface area (TPSA) is 109 Å². The van der Waals surface area contributed by atoms with Crippen LogP contribution in [0.2, 0.25) is 0 Å². The molecule has 2 amide bonds. The molecule has 0 radical (unpaired) electrons. The van der Waals surface area contributed by atoms with Crippen LogP contribution in [-0.4, -0.2) is 22.9 Å². The van der Waals surface area contributed by atoms with Crippen molar-refractivity contribution in [1.82, 2.24) is 0 Å². The van der Waals surface area contributed by atoms with Crippen molar-refractivity contribution < 1.29 is 19.5 Å². The van der Waals surface area contributed by atoms with Gasteiger partial charge in [0, 0.05) is 17.7 Å². The largest absolute Gasteiger partial charge is 0.481 e. The second-order valence-corrected chi connectivity index (χ2v) is 5.37. The Bertz CT molecular complexity index is 522. The van der Waals surface area contributed by atoms with Crippen LogP contribution in [0.5, 0.6) is 0 Å². The van der Waals surface area contributed by atoms with Crippen LogP contribution in [0.1, 0.15) is 40.1 Å². The normalized spacial score (nSPS) is 10.2. The molecule has 104 valence electrons. The summed E-state index contributed by atoms with van der Waals surface area (Å²) in [7, 11) is 0. The van der Waals surface area contributed by atoms with Crippen molar-refractivity contribution in [2.24, 2.45) is 5.73 Å². The van der Waals surface area contributed by atoms with Crippen LogP contribution in [0.15, 0.2) is 0 Å². The molecule has 0 saturated carbocycles. The summed E-state index contributed by atoms with van der Waals surface area (Å²) in [5.41, 5.74) is 6.37. The van der Waals surface area contributed by atoms with Gasteiger partial charge in [-0.1, -0.05) is 0 Å². The fourth-order valence-corrected chi connectivity index (χ4v) is 2.68. The number of nitrogens with two attached hydrogens (primary N) is 1. The molecule has 0 aliphatic carbocycles. The first-order chi connectivity index (χ1) is 8.82. The molecule has 1 aromatic rings. The molecule has 7 heteroatoms. The monoisotopic (exact) mass is 284 g/mol. The number of carboxylic acid groups (broad SMARTS) is 1. The van der Waals surface area contributed by atoms with Crippen LogP contribution in [0.4, 0.5) is 5.00 Å². The first kappa shape index (κ1) is 15.2. The number of carboxylic acids is 1. The second kappa shape index (κ2) is 6.33. The number of thiophene rings is 1. The standard InChI is InChI=1S/C12H16N2O4S/c1-6-7(2)19-12(10(6)11(13)18)14-8(15)4-3-5-9(16)17/h3-5H2,1-2H3,(H2,13,18)(H,14,15)(H,16,17). The SMILES string of the molecule is Cc1sc(NC(=O)CCCC(=O)O)c(C(N)=O)c1C. The average molecular weight is 284 g/mol. The van der Waals surface area contributed by atoms with Crippen LogP contribution in [0, 0.1) is 13.8 Å². The number of hydrogen-bond donors (Lipinski definition) is 3. The molecule has 0 aromatic carbocycles. The molecule has 0 unspecified atom stereocenters. The first-order valence-electron chi connectivity index (χ1n) is 5.74. The second-order valence-electron chi connectivity index (χ2n) is 4.15. The Labute approximate surface area is 114 Å². The van der Waals surface area contributed by atoms with Gasteiger partial charge < -0.3 is 16.2 Å². The number of hydrogen-bond acceptors (Lipinski definition) is 4. The maximum atomic E-state index is 11.6. The third-order valence-corrected chi connectivity index (χ3v) is 3.80. The van der Waals surface area contributed by atoms with Gasteiger partial charge in [0.15, 0.2) is 0 Å². The molecule has 1 aromatic heterocycles. The van der Waals surface area contributed by atoms with Gasteiger partial charge >= 0.3 is 5.97 Å². The number of nitrogens with one attached hydrogen (secondary N) is 1. The Balaban J connectivity index is 2.72. The maximum absolute atomic E-state index is 11.6. The molecule has 0 aliphatic heterocycles. The van der Waals surface area contributed by atoms with Crippen LogP contribution >= 0.6 is 11.3 Å². The minimum Gasteiger partial charge on any atom is -0.481 e. The van der Waals surface area contributed by atoms with E-state index in [9.17, 15) is 14.4 Å². The molecule has 0 atom stereocenters. The van der Waals surface area contributed by atoms with E-state index in [-0.39, 0.29) is 25.2 Å². The van der Waals surface area contributed by atoms with E-state index in [0.717, 1.165) is 10.4 Å². The molecule has 1 rings (SSSR count). The van der Waals surface area contributed by atoms with Crippen LogP contribution < -0.4 is 11.1 Å². The highest BCUT2D eigenvalue weighted by Gasteiger charge is 2.18. The molecular weight excluding hydrogens is 268 g/mol. The first-order valence-corrected chi connectivity index (χ1v) is 6.56. The van der Waals surface area contributed by atoms with Crippen molar-refractivity contribution in [3.8, 4) is 0 Å². The lowest BCUT2D eigenvalue weighted by Gasteiger charge is -2.04. The molecule has 0 spiro atoms. The van der Waals surface area contributed by atoms with Crippen molar-refractivity contribution in [1.29, 1.82) is 0 Å². The summed E-state index contributed by atoms with van der Waals surface area (Å²) in [5.74, 6) is -1.83. The van der Waals surface area contributed by atoms with Gasteiger partial charge in [0.2, 0.25) is 5.91 Å².